The van der Waals surface area contributed by atoms with E-state index in [0.29, 0.717) is 32.6 Å². The molecule has 86 valence electrons. The molecule has 0 radical (unpaired) electrons. The molecule has 0 aliphatic heterocycles. The van der Waals surface area contributed by atoms with E-state index >= 15 is 0 Å². The molecule has 0 spiro atoms. The molecule has 0 saturated heterocycles. The lowest BCUT2D eigenvalue weighted by Gasteiger charge is -2.07. The highest BCUT2D eigenvalue weighted by atomic mass is 35.5. The molecule has 2 rings (SSSR count). The van der Waals surface area contributed by atoms with Gasteiger partial charge in [-0.15, -0.1) is 0 Å². The standard InChI is InChI=1S/C12H8Cl2N2O/c13-8-1-2-9(11(14)4-8)10-5-16-12(15)3-7(10)6-17/h1-6H,(H2,15,16). The summed E-state index contributed by atoms with van der Waals surface area (Å²) in [6.07, 6.45) is 2.24. The number of rotatable bonds is 2. The second kappa shape index (κ2) is 4.73. The molecule has 0 unspecified atom stereocenters. The van der Waals surface area contributed by atoms with Crippen LogP contribution in [0.4, 0.5) is 5.82 Å². The Kier molecular flexibility index (Phi) is 3.31. The molecule has 3 nitrogen and oxygen atoms in total. The molecule has 1 heterocycles. The fourth-order valence-electron chi connectivity index (χ4n) is 1.52. The average molecular weight is 267 g/mol. The lowest BCUT2D eigenvalue weighted by atomic mass is 10.0. The topological polar surface area (TPSA) is 56.0 Å². The van der Waals surface area contributed by atoms with Gasteiger partial charge in [0.25, 0.3) is 0 Å². The number of nitrogens with two attached hydrogens (primary N) is 1. The van der Waals surface area contributed by atoms with Crippen molar-refractivity contribution < 1.29 is 4.79 Å². The first kappa shape index (κ1) is 11.9. The number of anilines is 1. The van der Waals surface area contributed by atoms with E-state index in [1.807, 2.05) is 0 Å². The molecule has 2 N–H and O–H groups in total. The summed E-state index contributed by atoms with van der Waals surface area (Å²) in [5, 5.41) is 1.00. The smallest absolute Gasteiger partial charge is 0.150 e. The van der Waals surface area contributed by atoms with Crippen LogP contribution >= 0.6 is 23.2 Å². The number of nitrogens with zero attached hydrogens (tertiary/aromatic N) is 1. The number of halogens is 2. The summed E-state index contributed by atoms with van der Waals surface area (Å²) in [5.74, 6) is 0.293. The molecule has 1 aromatic carbocycles. The monoisotopic (exact) mass is 266 g/mol. The van der Waals surface area contributed by atoms with E-state index in [2.05, 4.69) is 4.98 Å². The minimum absolute atomic E-state index is 0.293. The molecule has 0 atom stereocenters. The van der Waals surface area contributed by atoms with Crippen LogP contribution in [0.15, 0.2) is 30.5 Å². The van der Waals surface area contributed by atoms with E-state index in [4.69, 9.17) is 28.9 Å². The molecule has 0 aliphatic rings. The van der Waals surface area contributed by atoms with E-state index in [0.717, 1.165) is 6.29 Å². The Morgan fingerprint density at radius 1 is 1.18 bits per heavy atom. The average Bonchev–Trinajstić information content (AvgIpc) is 2.30. The van der Waals surface area contributed by atoms with E-state index < -0.39 is 0 Å². The third kappa shape index (κ3) is 2.40. The molecule has 2 aromatic rings. The van der Waals surface area contributed by atoms with E-state index in [1.54, 1.807) is 18.2 Å². The number of aldehydes is 1. The quantitative estimate of drug-likeness (QED) is 0.848. The second-order valence-corrected chi connectivity index (χ2v) is 4.28. The molecule has 17 heavy (non-hydrogen) atoms. The summed E-state index contributed by atoms with van der Waals surface area (Å²) in [6, 6.07) is 6.56. The van der Waals surface area contributed by atoms with Crippen molar-refractivity contribution in [2.24, 2.45) is 0 Å². The van der Waals surface area contributed by atoms with Gasteiger partial charge in [-0.1, -0.05) is 29.3 Å². The Morgan fingerprint density at radius 2 is 1.94 bits per heavy atom. The summed E-state index contributed by atoms with van der Waals surface area (Å²) < 4.78 is 0. The van der Waals surface area contributed by atoms with Crippen LogP contribution < -0.4 is 5.73 Å². The van der Waals surface area contributed by atoms with Gasteiger partial charge in [0.1, 0.15) is 5.82 Å². The van der Waals surface area contributed by atoms with Gasteiger partial charge < -0.3 is 5.73 Å². The summed E-state index contributed by atoms with van der Waals surface area (Å²) in [5.41, 5.74) is 7.30. The zero-order valence-corrected chi connectivity index (χ0v) is 10.2. The lowest BCUT2D eigenvalue weighted by Crippen LogP contribution is -1.95. The number of nitrogen functional groups attached to an aromatic ring is 1. The number of benzene rings is 1. The first-order valence-corrected chi connectivity index (χ1v) is 5.53. The zero-order valence-electron chi connectivity index (χ0n) is 8.65. The van der Waals surface area contributed by atoms with Gasteiger partial charge >= 0.3 is 0 Å². The summed E-state index contributed by atoms with van der Waals surface area (Å²) in [4.78, 5) is 14.9. The van der Waals surface area contributed by atoms with Crippen LogP contribution in [0.1, 0.15) is 10.4 Å². The molecule has 1 aromatic heterocycles. The van der Waals surface area contributed by atoms with Crippen LogP contribution in [0.25, 0.3) is 11.1 Å². The Bertz CT molecular complexity index is 585. The van der Waals surface area contributed by atoms with Crippen molar-refractivity contribution in [3.05, 3.63) is 46.1 Å². The van der Waals surface area contributed by atoms with Crippen LogP contribution in [0.2, 0.25) is 10.0 Å². The molecule has 0 fully saturated rings. The lowest BCUT2D eigenvalue weighted by molar-refractivity contribution is 0.112. The van der Waals surface area contributed by atoms with E-state index in [-0.39, 0.29) is 0 Å². The first-order valence-electron chi connectivity index (χ1n) is 4.78. The third-order valence-electron chi connectivity index (χ3n) is 2.31. The van der Waals surface area contributed by atoms with Crippen molar-refractivity contribution in [3.8, 4) is 11.1 Å². The number of hydrogen-bond acceptors (Lipinski definition) is 3. The van der Waals surface area contributed by atoms with Crippen molar-refractivity contribution in [3.63, 3.8) is 0 Å². The van der Waals surface area contributed by atoms with Crippen LogP contribution in [0, 0.1) is 0 Å². The van der Waals surface area contributed by atoms with Gasteiger partial charge in [-0.05, 0) is 18.2 Å². The maximum absolute atomic E-state index is 11.0. The van der Waals surface area contributed by atoms with Crippen molar-refractivity contribution in [2.45, 2.75) is 0 Å². The maximum atomic E-state index is 11.0. The van der Waals surface area contributed by atoms with Crippen molar-refractivity contribution in [1.82, 2.24) is 4.98 Å². The largest absolute Gasteiger partial charge is 0.384 e. The predicted molar refractivity (Wildman–Crippen MR) is 69.5 cm³/mol. The first-order chi connectivity index (χ1) is 8.11. The van der Waals surface area contributed by atoms with Crippen LogP contribution in [-0.4, -0.2) is 11.3 Å². The molecule has 0 saturated carbocycles. The van der Waals surface area contributed by atoms with Gasteiger partial charge in [0.2, 0.25) is 0 Å². The number of carbonyl (C=O) groups excluding carboxylic acids is 1. The predicted octanol–water partition coefficient (Wildman–Crippen LogP) is 3.45. The SMILES string of the molecule is Nc1cc(C=O)c(-c2ccc(Cl)cc2Cl)cn1. The van der Waals surface area contributed by atoms with E-state index in [9.17, 15) is 4.79 Å². The number of carbonyl (C=O) groups is 1. The fourth-order valence-corrected chi connectivity index (χ4v) is 2.03. The van der Waals surface area contributed by atoms with Gasteiger partial charge in [0.05, 0.1) is 0 Å². The Hall–Kier alpha value is -1.58. The molecular weight excluding hydrogens is 259 g/mol. The minimum Gasteiger partial charge on any atom is -0.384 e. The maximum Gasteiger partial charge on any atom is 0.150 e. The van der Waals surface area contributed by atoms with Crippen LogP contribution in [0.5, 0.6) is 0 Å². The highest BCUT2D eigenvalue weighted by Crippen LogP contribution is 2.32. The minimum atomic E-state index is 0.293. The summed E-state index contributed by atoms with van der Waals surface area (Å²) in [7, 11) is 0. The van der Waals surface area contributed by atoms with Gasteiger partial charge in [0, 0.05) is 32.9 Å². The van der Waals surface area contributed by atoms with E-state index in [1.165, 1.54) is 12.3 Å². The number of pyridine rings is 1. The molecule has 0 amide bonds. The zero-order chi connectivity index (χ0) is 12.4. The fraction of sp³-hybridized carbons (Fsp3) is 0. The van der Waals surface area contributed by atoms with Gasteiger partial charge in [-0.2, -0.15) is 0 Å². The Morgan fingerprint density at radius 3 is 2.59 bits per heavy atom. The summed E-state index contributed by atoms with van der Waals surface area (Å²) in [6.45, 7) is 0. The number of aromatic nitrogens is 1. The Balaban J connectivity index is 2.63. The highest BCUT2D eigenvalue weighted by molar-refractivity contribution is 6.36. The van der Waals surface area contributed by atoms with Gasteiger partial charge in [-0.25, -0.2) is 4.98 Å². The van der Waals surface area contributed by atoms with Gasteiger partial charge in [-0.3, -0.25) is 4.79 Å². The van der Waals surface area contributed by atoms with Crippen LogP contribution in [0.3, 0.4) is 0 Å². The van der Waals surface area contributed by atoms with Crippen molar-refractivity contribution in [2.75, 3.05) is 5.73 Å². The second-order valence-electron chi connectivity index (χ2n) is 3.44. The summed E-state index contributed by atoms with van der Waals surface area (Å²) >= 11 is 11.9. The number of hydrogen-bond donors (Lipinski definition) is 1. The molecular formula is C12H8Cl2N2O. The van der Waals surface area contributed by atoms with Crippen molar-refractivity contribution in [1.29, 1.82) is 0 Å². The Labute approximate surface area is 108 Å². The highest BCUT2D eigenvalue weighted by Gasteiger charge is 2.09. The third-order valence-corrected chi connectivity index (χ3v) is 2.85. The van der Waals surface area contributed by atoms with Crippen LogP contribution in [-0.2, 0) is 0 Å². The van der Waals surface area contributed by atoms with Crippen molar-refractivity contribution >= 4 is 35.3 Å². The van der Waals surface area contributed by atoms with Gasteiger partial charge in [0.15, 0.2) is 6.29 Å². The molecule has 5 heteroatoms. The molecule has 0 bridgehead atoms. The normalized spacial score (nSPS) is 10.2. The molecule has 0 aliphatic carbocycles.